The van der Waals surface area contributed by atoms with Gasteiger partial charge in [-0.3, -0.25) is 9.58 Å². The van der Waals surface area contributed by atoms with Gasteiger partial charge in [-0.2, -0.15) is 5.10 Å². The molecule has 0 saturated carbocycles. The SMILES string of the molecule is CCC(O)(CN1CCN(c2ccc(Cl)c(Cl)c2)CC1)Cn1cncn1. The molecule has 1 aromatic carbocycles. The van der Waals surface area contributed by atoms with E-state index in [0.29, 0.717) is 29.6 Å². The molecule has 1 unspecified atom stereocenters. The van der Waals surface area contributed by atoms with Crippen LogP contribution >= 0.6 is 23.2 Å². The van der Waals surface area contributed by atoms with E-state index in [9.17, 15) is 5.11 Å². The summed E-state index contributed by atoms with van der Waals surface area (Å²) in [5, 5.41) is 16.2. The van der Waals surface area contributed by atoms with Crippen LogP contribution in [0, 0.1) is 0 Å². The Morgan fingerprint density at radius 1 is 1.12 bits per heavy atom. The van der Waals surface area contributed by atoms with Crippen molar-refractivity contribution in [3.8, 4) is 0 Å². The molecule has 8 heteroatoms. The Balaban J connectivity index is 1.57. The molecule has 136 valence electrons. The van der Waals surface area contributed by atoms with Gasteiger partial charge in [-0.25, -0.2) is 4.98 Å². The second-order valence-electron chi connectivity index (χ2n) is 6.53. The largest absolute Gasteiger partial charge is 0.387 e. The van der Waals surface area contributed by atoms with Gasteiger partial charge in [-0.1, -0.05) is 30.1 Å². The van der Waals surface area contributed by atoms with E-state index in [1.54, 1.807) is 11.0 Å². The molecular weight excluding hydrogens is 361 g/mol. The van der Waals surface area contributed by atoms with Crippen LogP contribution in [0.25, 0.3) is 0 Å². The molecule has 3 rings (SSSR count). The molecule has 0 radical (unpaired) electrons. The van der Waals surface area contributed by atoms with Crippen LogP contribution < -0.4 is 4.90 Å². The number of rotatable bonds is 6. The number of piperazine rings is 1. The maximum absolute atomic E-state index is 10.9. The molecule has 1 atom stereocenters. The number of hydrogen-bond donors (Lipinski definition) is 1. The van der Waals surface area contributed by atoms with Gasteiger partial charge in [0.05, 0.1) is 22.2 Å². The second kappa shape index (κ2) is 7.91. The molecule has 1 saturated heterocycles. The zero-order valence-electron chi connectivity index (χ0n) is 14.3. The molecule has 1 fully saturated rings. The standard InChI is InChI=1S/C17H23Cl2N5O/c1-2-17(25,11-24-13-20-12-21-24)10-22-5-7-23(8-6-22)14-3-4-15(18)16(19)9-14/h3-4,9,12-13,25H,2,5-8,10-11H2,1H3. The summed E-state index contributed by atoms with van der Waals surface area (Å²) in [6.45, 7) is 6.64. The third kappa shape index (κ3) is 4.64. The van der Waals surface area contributed by atoms with E-state index in [-0.39, 0.29) is 0 Å². The highest BCUT2D eigenvalue weighted by Gasteiger charge is 2.30. The molecule has 1 aromatic heterocycles. The Hall–Kier alpha value is -1.34. The molecular formula is C17H23Cl2N5O. The van der Waals surface area contributed by atoms with Crippen LogP contribution in [-0.2, 0) is 6.54 Å². The van der Waals surface area contributed by atoms with Crippen molar-refractivity contribution in [1.82, 2.24) is 19.7 Å². The van der Waals surface area contributed by atoms with Gasteiger partial charge >= 0.3 is 0 Å². The Bertz CT molecular complexity index is 688. The summed E-state index contributed by atoms with van der Waals surface area (Å²) in [5.41, 5.74) is 0.279. The summed E-state index contributed by atoms with van der Waals surface area (Å²) in [7, 11) is 0. The topological polar surface area (TPSA) is 57.4 Å². The van der Waals surface area contributed by atoms with Gasteiger partial charge in [-0.05, 0) is 24.6 Å². The third-order valence-electron chi connectivity index (χ3n) is 4.74. The Morgan fingerprint density at radius 2 is 1.88 bits per heavy atom. The van der Waals surface area contributed by atoms with Crippen LogP contribution in [0.5, 0.6) is 0 Å². The first-order chi connectivity index (χ1) is 12.0. The highest BCUT2D eigenvalue weighted by atomic mass is 35.5. The summed E-state index contributed by atoms with van der Waals surface area (Å²) in [4.78, 5) is 8.54. The number of halogens is 2. The number of nitrogens with zero attached hydrogens (tertiary/aromatic N) is 5. The van der Waals surface area contributed by atoms with Crippen molar-refractivity contribution in [1.29, 1.82) is 0 Å². The highest BCUT2D eigenvalue weighted by Crippen LogP contribution is 2.28. The summed E-state index contributed by atoms with van der Waals surface area (Å²) in [5.74, 6) is 0. The van der Waals surface area contributed by atoms with Gasteiger partial charge in [0.15, 0.2) is 0 Å². The minimum Gasteiger partial charge on any atom is -0.387 e. The summed E-state index contributed by atoms with van der Waals surface area (Å²) < 4.78 is 1.69. The summed E-state index contributed by atoms with van der Waals surface area (Å²) in [6, 6.07) is 5.74. The van der Waals surface area contributed by atoms with E-state index in [0.717, 1.165) is 31.9 Å². The van der Waals surface area contributed by atoms with Crippen molar-refractivity contribution >= 4 is 28.9 Å². The van der Waals surface area contributed by atoms with E-state index in [1.165, 1.54) is 6.33 Å². The van der Waals surface area contributed by atoms with Crippen LogP contribution in [0.3, 0.4) is 0 Å². The maximum Gasteiger partial charge on any atom is 0.137 e. The van der Waals surface area contributed by atoms with E-state index < -0.39 is 5.60 Å². The first-order valence-electron chi connectivity index (χ1n) is 8.46. The predicted molar refractivity (Wildman–Crippen MR) is 100 cm³/mol. The molecule has 0 amide bonds. The summed E-state index contributed by atoms with van der Waals surface area (Å²) in [6.07, 6.45) is 3.80. The second-order valence-corrected chi connectivity index (χ2v) is 7.35. The van der Waals surface area contributed by atoms with Crippen LogP contribution in [0.1, 0.15) is 13.3 Å². The average Bonchev–Trinajstić information content (AvgIpc) is 3.11. The molecule has 2 aromatic rings. The van der Waals surface area contributed by atoms with Gasteiger partial charge in [0, 0.05) is 38.4 Å². The zero-order chi connectivity index (χ0) is 17.9. The number of aliphatic hydroxyl groups is 1. The molecule has 1 aliphatic heterocycles. The van der Waals surface area contributed by atoms with Crippen molar-refractivity contribution in [2.45, 2.75) is 25.5 Å². The van der Waals surface area contributed by atoms with Crippen molar-refractivity contribution in [3.05, 3.63) is 40.9 Å². The summed E-state index contributed by atoms with van der Waals surface area (Å²) >= 11 is 12.1. The van der Waals surface area contributed by atoms with Crippen LogP contribution in [0.2, 0.25) is 10.0 Å². The van der Waals surface area contributed by atoms with Gasteiger partial charge in [0.2, 0.25) is 0 Å². The fraction of sp³-hybridized carbons (Fsp3) is 0.529. The molecule has 1 N–H and O–H groups in total. The van der Waals surface area contributed by atoms with E-state index >= 15 is 0 Å². The van der Waals surface area contributed by atoms with Crippen molar-refractivity contribution in [2.24, 2.45) is 0 Å². The van der Waals surface area contributed by atoms with Gasteiger partial charge in [-0.15, -0.1) is 0 Å². The van der Waals surface area contributed by atoms with E-state index in [4.69, 9.17) is 23.2 Å². The Labute approximate surface area is 158 Å². The number of hydrogen-bond acceptors (Lipinski definition) is 5. The van der Waals surface area contributed by atoms with Gasteiger partial charge in [0.25, 0.3) is 0 Å². The monoisotopic (exact) mass is 383 g/mol. The molecule has 2 heterocycles. The maximum atomic E-state index is 10.9. The lowest BCUT2D eigenvalue weighted by Gasteiger charge is -2.40. The Kier molecular flexibility index (Phi) is 5.84. The van der Waals surface area contributed by atoms with E-state index in [1.807, 2.05) is 25.1 Å². The van der Waals surface area contributed by atoms with Crippen molar-refractivity contribution in [3.63, 3.8) is 0 Å². The zero-order valence-corrected chi connectivity index (χ0v) is 15.8. The minimum absolute atomic E-state index is 0.455. The number of benzene rings is 1. The smallest absolute Gasteiger partial charge is 0.137 e. The predicted octanol–water partition coefficient (Wildman–Crippen LogP) is 2.55. The normalized spacial score (nSPS) is 18.3. The first kappa shape index (κ1) is 18.5. The van der Waals surface area contributed by atoms with Gasteiger partial charge in [0.1, 0.15) is 12.7 Å². The van der Waals surface area contributed by atoms with Crippen LogP contribution in [-0.4, -0.2) is 63.1 Å². The molecule has 0 bridgehead atoms. The molecule has 1 aliphatic rings. The lowest BCUT2D eigenvalue weighted by atomic mass is 9.99. The van der Waals surface area contributed by atoms with Gasteiger partial charge < -0.3 is 10.0 Å². The first-order valence-corrected chi connectivity index (χ1v) is 9.22. The number of β-amino-alcohol motifs (C(OH)–C–C–N with tert-alkyl or cyclic N) is 1. The Morgan fingerprint density at radius 3 is 2.48 bits per heavy atom. The quantitative estimate of drug-likeness (QED) is 0.830. The third-order valence-corrected chi connectivity index (χ3v) is 5.48. The average molecular weight is 384 g/mol. The lowest BCUT2D eigenvalue weighted by molar-refractivity contribution is -0.0181. The molecule has 0 spiro atoms. The van der Waals surface area contributed by atoms with E-state index in [2.05, 4.69) is 19.9 Å². The van der Waals surface area contributed by atoms with Crippen LogP contribution in [0.15, 0.2) is 30.9 Å². The molecule has 6 nitrogen and oxygen atoms in total. The van der Waals surface area contributed by atoms with Crippen LogP contribution in [0.4, 0.5) is 5.69 Å². The number of anilines is 1. The molecule has 0 aliphatic carbocycles. The number of aromatic nitrogens is 3. The fourth-order valence-corrected chi connectivity index (χ4v) is 3.44. The lowest BCUT2D eigenvalue weighted by Crippen LogP contribution is -2.53. The van der Waals surface area contributed by atoms with Crippen molar-refractivity contribution in [2.75, 3.05) is 37.6 Å². The minimum atomic E-state index is -0.806. The highest BCUT2D eigenvalue weighted by molar-refractivity contribution is 6.42. The van der Waals surface area contributed by atoms with Crippen molar-refractivity contribution < 1.29 is 5.11 Å². The fourth-order valence-electron chi connectivity index (χ4n) is 3.15. The molecule has 25 heavy (non-hydrogen) atoms.